The highest BCUT2D eigenvalue weighted by Gasteiger charge is 2.28. The van der Waals surface area contributed by atoms with Gasteiger partial charge < -0.3 is 20.7 Å². The molecule has 1 fully saturated rings. The maximum atomic E-state index is 13.9. The smallest absolute Gasteiger partial charge is 0.328 e. The topological polar surface area (TPSA) is 143 Å². The van der Waals surface area contributed by atoms with Crippen LogP contribution in [0.25, 0.3) is 10.2 Å². The second kappa shape index (κ2) is 12.3. The lowest BCUT2D eigenvalue weighted by Gasteiger charge is -2.33. The van der Waals surface area contributed by atoms with E-state index in [0.29, 0.717) is 34.9 Å². The molecule has 3 N–H and O–H groups in total. The van der Waals surface area contributed by atoms with E-state index in [0.717, 1.165) is 29.7 Å². The molecule has 1 amide bonds. The Balaban J connectivity index is 1.55. The molecule has 3 heterocycles. The van der Waals surface area contributed by atoms with Crippen molar-refractivity contribution in [1.82, 2.24) is 14.9 Å². The quantitative estimate of drug-likeness (QED) is 0.308. The summed E-state index contributed by atoms with van der Waals surface area (Å²) in [4.78, 5) is 46.8. The number of nitrogens with two attached hydrogens (primary N) is 1. The largest absolute Gasteiger partial charge is 0.467 e. The van der Waals surface area contributed by atoms with E-state index in [1.807, 2.05) is 47.4 Å². The predicted molar refractivity (Wildman–Crippen MR) is 157 cm³/mol. The molecule has 2 aromatic carbocycles. The summed E-state index contributed by atoms with van der Waals surface area (Å²) in [5, 5.41) is 14.0. The molecule has 0 aliphatic carbocycles. The summed E-state index contributed by atoms with van der Waals surface area (Å²) in [6, 6.07) is 17.6. The van der Waals surface area contributed by atoms with Gasteiger partial charge in [0.2, 0.25) is 5.95 Å². The van der Waals surface area contributed by atoms with Gasteiger partial charge in [-0.25, -0.2) is 9.78 Å². The molecular formula is C30H30N6O4S. The second-order valence-electron chi connectivity index (χ2n) is 9.99. The zero-order valence-electron chi connectivity index (χ0n) is 22.6. The van der Waals surface area contributed by atoms with Crippen LogP contribution in [0.5, 0.6) is 0 Å². The summed E-state index contributed by atoms with van der Waals surface area (Å²) in [5.74, 6) is -0.703. The van der Waals surface area contributed by atoms with Gasteiger partial charge in [0, 0.05) is 30.9 Å². The van der Waals surface area contributed by atoms with Gasteiger partial charge in [-0.05, 0) is 30.0 Å². The summed E-state index contributed by atoms with van der Waals surface area (Å²) < 4.78 is 6.82. The van der Waals surface area contributed by atoms with Gasteiger partial charge in [-0.1, -0.05) is 48.5 Å². The number of anilines is 1. The van der Waals surface area contributed by atoms with Gasteiger partial charge in [-0.2, -0.15) is 5.26 Å². The van der Waals surface area contributed by atoms with Crippen LogP contribution in [0.2, 0.25) is 0 Å². The zero-order valence-corrected chi connectivity index (χ0v) is 23.4. The fourth-order valence-electron chi connectivity index (χ4n) is 5.08. The minimum absolute atomic E-state index is 0.0831. The van der Waals surface area contributed by atoms with Crippen molar-refractivity contribution < 1.29 is 14.3 Å². The zero-order chi connectivity index (χ0) is 28.9. The Morgan fingerprint density at radius 1 is 1.22 bits per heavy atom. The standard InChI is InChI=1S/C30H30N6O4S/c1-40-29(39)24(14-19-8-3-2-4-9-19)33-27(37)23-18-41-26-25(23)34-30(35-13-7-12-22(32)17-35)36(28(26)38)16-21-11-6-5-10-20(21)15-31/h2-6,8-11,18,22,24H,7,12-14,16-17,32H2,1H3,(H,33,37)/t22-,24+/m1/s1. The van der Waals surface area contributed by atoms with Crippen LogP contribution in [0.15, 0.2) is 64.8 Å². The summed E-state index contributed by atoms with van der Waals surface area (Å²) in [6.45, 7) is 1.30. The average molecular weight is 571 g/mol. The maximum absolute atomic E-state index is 13.9. The first-order chi connectivity index (χ1) is 19.9. The van der Waals surface area contributed by atoms with Gasteiger partial charge in [0.25, 0.3) is 11.5 Å². The number of hydrogen-bond donors (Lipinski definition) is 2. The van der Waals surface area contributed by atoms with Gasteiger partial charge in [0.1, 0.15) is 16.3 Å². The van der Waals surface area contributed by atoms with Crippen LogP contribution in [0.3, 0.4) is 0 Å². The van der Waals surface area contributed by atoms with Crippen molar-refractivity contribution in [2.24, 2.45) is 5.73 Å². The van der Waals surface area contributed by atoms with Crippen LogP contribution >= 0.6 is 11.3 Å². The number of aromatic nitrogens is 2. The van der Waals surface area contributed by atoms with E-state index in [-0.39, 0.29) is 35.6 Å². The number of benzene rings is 2. The highest BCUT2D eigenvalue weighted by atomic mass is 32.1. The number of carbonyl (C=O) groups is 2. The molecule has 210 valence electrons. The number of rotatable bonds is 8. The number of esters is 1. The number of nitrogens with one attached hydrogen (secondary N) is 1. The van der Waals surface area contributed by atoms with E-state index >= 15 is 0 Å². The van der Waals surface area contributed by atoms with Crippen molar-refractivity contribution in [2.45, 2.75) is 37.9 Å². The van der Waals surface area contributed by atoms with Crippen LogP contribution in [0, 0.1) is 11.3 Å². The molecule has 0 unspecified atom stereocenters. The van der Waals surface area contributed by atoms with Crippen molar-refractivity contribution in [3.05, 3.63) is 92.6 Å². The van der Waals surface area contributed by atoms with Crippen molar-refractivity contribution in [2.75, 3.05) is 25.1 Å². The maximum Gasteiger partial charge on any atom is 0.328 e. The lowest BCUT2D eigenvalue weighted by molar-refractivity contribution is -0.142. The Bertz CT molecular complexity index is 1680. The molecule has 1 aliphatic rings. The molecular weight excluding hydrogens is 540 g/mol. The molecule has 0 spiro atoms. The lowest BCUT2D eigenvalue weighted by Crippen LogP contribution is -2.45. The summed E-state index contributed by atoms with van der Waals surface area (Å²) >= 11 is 1.12. The number of fused-ring (bicyclic) bond motifs is 1. The number of methoxy groups -OCH3 is 1. The second-order valence-corrected chi connectivity index (χ2v) is 10.9. The van der Waals surface area contributed by atoms with E-state index in [2.05, 4.69) is 11.4 Å². The molecule has 2 atom stereocenters. The molecule has 0 bridgehead atoms. The van der Waals surface area contributed by atoms with E-state index in [4.69, 9.17) is 15.5 Å². The summed E-state index contributed by atoms with van der Waals surface area (Å²) in [6.07, 6.45) is 1.95. The highest BCUT2D eigenvalue weighted by molar-refractivity contribution is 7.17. The van der Waals surface area contributed by atoms with Gasteiger partial charge >= 0.3 is 5.97 Å². The summed E-state index contributed by atoms with van der Waals surface area (Å²) in [7, 11) is 1.27. The molecule has 11 heteroatoms. The van der Waals surface area contributed by atoms with Crippen LogP contribution in [-0.2, 0) is 22.5 Å². The van der Waals surface area contributed by atoms with E-state index in [1.165, 1.54) is 7.11 Å². The number of nitriles is 1. The van der Waals surface area contributed by atoms with Gasteiger partial charge in [-0.3, -0.25) is 14.2 Å². The molecule has 10 nitrogen and oxygen atoms in total. The molecule has 5 rings (SSSR count). The van der Waals surface area contributed by atoms with Gasteiger partial charge in [-0.15, -0.1) is 11.3 Å². The average Bonchev–Trinajstić information content (AvgIpc) is 3.43. The minimum Gasteiger partial charge on any atom is -0.467 e. The normalized spacial score (nSPS) is 15.7. The number of thiophene rings is 1. The Labute approximate surface area is 241 Å². The lowest BCUT2D eigenvalue weighted by atomic mass is 10.1. The third-order valence-corrected chi connectivity index (χ3v) is 8.14. The van der Waals surface area contributed by atoms with Crippen LogP contribution in [0.4, 0.5) is 5.95 Å². The molecule has 0 saturated carbocycles. The Morgan fingerprint density at radius 2 is 1.98 bits per heavy atom. The van der Waals surface area contributed by atoms with Crippen molar-refractivity contribution in [3.8, 4) is 6.07 Å². The fourth-order valence-corrected chi connectivity index (χ4v) is 6.02. The van der Waals surface area contributed by atoms with Crippen LogP contribution < -0.4 is 21.5 Å². The van der Waals surface area contributed by atoms with Crippen molar-refractivity contribution in [1.29, 1.82) is 5.26 Å². The molecule has 41 heavy (non-hydrogen) atoms. The number of ether oxygens (including phenoxy) is 1. The minimum atomic E-state index is -0.924. The number of hydrogen-bond acceptors (Lipinski definition) is 9. The number of amides is 1. The monoisotopic (exact) mass is 570 g/mol. The molecule has 4 aromatic rings. The third-order valence-electron chi connectivity index (χ3n) is 7.18. The van der Waals surface area contributed by atoms with Crippen molar-refractivity contribution >= 4 is 39.4 Å². The number of piperidine rings is 1. The van der Waals surface area contributed by atoms with E-state index in [9.17, 15) is 19.6 Å². The Morgan fingerprint density at radius 3 is 2.71 bits per heavy atom. The highest BCUT2D eigenvalue weighted by Crippen LogP contribution is 2.27. The predicted octanol–water partition coefficient (Wildman–Crippen LogP) is 2.82. The van der Waals surface area contributed by atoms with Crippen LogP contribution in [-0.4, -0.2) is 53.7 Å². The molecule has 0 radical (unpaired) electrons. The summed E-state index contributed by atoms with van der Waals surface area (Å²) in [5.41, 5.74) is 8.46. The van der Waals surface area contributed by atoms with Gasteiger partial charge in [0.15, 0.2) is 0 Å². The van der Waals surface area contributed by atoms with E-state index in [1.54, 1.807) is 22.1 Å². The first-order valence-electron chi connectivity index (χ1n) is 13.3. The number of nitrogens with zero attached hydrogens (tertiary/aromatic N) is 4. The fraction of sp³-hybridized carbons (Fsp3) is 0.300. The number of carbonyl (C=O) groups excluding carboxylic acids is 2. The van der Waals surface area contributed by atoms with Gasteiger partial charge in [0.05, 0.1) is 30.9 Å². The van der Waals surface area contributed by atoms with Crippen molar-refractivity contribution in [3.63, 3.8) is 0 Å². The molecule has 2 aromatic heterocycles. The Kier molecular flexibility index (Phi) is 8.42. The molecule has 1 saturated heterocycles. The molecule has 1 aliphatic heterocycles. The first-order valence-corrected chi connectivity index (χ1v) is 14.2. The van der Waals surface area contributed by atoms with Crippen LogP contribution in [0.1, 0.15) is 39.9 Å². The first kappa shape index (κ1) is 28.0. The third kappa shape index (κ3) is 5.99. The SMILES string of the molecule is COC(=O)[C@H](Cc1ccccc1)NC(=O)c1csc2c(=O)n(Cc3ccccc3C#N)c(N3CCC[C@@H](N)C3)nc12. The van der Waals surface area contributed by atoms with E-state index < -0.39 is 17.9 Å². The Hall–Kier alpha value is -4.53.